The summed E-state index contributed by atoms with van der Waals surface area (Å²) in [5, 5.41) is 4.01. The second-order valence-electron chi connectivity index (χ2n) is 5.75. The van der Waals surface area contributed by atoms with Crippen molar-refractivity contribution >= 4 is 28.1 Å². The van der Waals surface area contributed by atoms with Gasteiger partial charge in [-0.1, -0.05) is 28.1 Å². The first-order valence-electron chi connectivity index (χ1n) is 7.89. The molecule has 1 amide bonds. The maximum atomic E-state index is 12.2. The van der Waals surface area contributed by atoms with Gasteiger partial charge >= 0.3 is 0 Å². The normalized spacial score (nSPS) is 11.0. The van der Waals surface area contributed by atoms with Gasteiger partial charge in [0.15, 0.2) is 0 Å². The summed E-state index contributed by atoms with van der Waals surface area (Å²) in [4.78, 5) is 12.2. The number of carbonyl (C=O) groups excluding carboxylic acids is 1. The lowest BCUT2D eigenvalue weighted by molar-refractivity contribution is 0.0955. The van der Waals surface area contributed by atoms with Gasteiger partial charge in [-0.15, -0.1) is 0 Å². The molecule has 25 heavy (non-hydrogen) atoms. The molecule has 1 heterocycles. The van der Waals surface area contributed by atoms with Gasteiger partial charge in [-0.3, -0.25) is 4.79 Å². The number of benzene rings is 2. The van der Waals surface area contributed by atoms with Gasteiger partial charge in [-0.2, -0.15) is 5.10 Å². The minimum atomic E-state index is -0.237. The second-order valence-corrected chi connectivity index (χ2v) is 6.67. The van der Waals surface area contributed by atoms with Gasteiger partial charge in [-0.05, 0) is 67.9 Å². The van der Waals surface area contributed by atoms with Crippen LogP contribution in [0.5, 0.6) is 0 Å². The lowest BCUT2D eigenvalue weighted by Crippen LogP contribution is -2.17. The van der Waals surface area contributed by atoms with Crippen molar-refractivity contribution in [1.29, 1.82) is 0 Å². The number of halogens is 1. The molecule has 0 radical (unpaired) electrons. The number of nitrogens with zero attached hydrogens (tertiary/aromatic N) is 2. The highest BCUT2D eigenvalue weighted by Gasteiger charge is 2.07. The van der Waals surface area contributed by atoms with Crippen molar-refractivity contribution in [3.8, 4) is 5.69 Å². The first-order valence-corrected chi connectivity index (χ1v) is 8.68. The predicted molar refractivity (Wildman–Crippen MR) is 104 cm³/mol. The molecule has 0 aliphatic heterocycles. The quantitative estimate of drug-likeness (QED) is 0.508. The van der Waals surface area contributed by atoms with Gasteiger partial charge in [0.1, 0.15) is 0 Å². The number of aromatic nitrogens is 1. The van der Waals surface area contributed by atoms with E-state index in [0.717, 1.165) is 27.1 Å². The number of hydrazone groups is 1. The monoisotopic (exact) mass is 395 g/mol. The molecule has 5 heteroatoms. The maximum absolute atomic E-state index is 12.2. The van der Waals surface area contributed by atoms with Crippen LogP contribution in [0, 0.1) is 13.8 Å². The summed E-state index contributed by atoms with van der Waals surface area (Å²) < 4.78 is 3.11. The van der Waals surface area contributed by atoms with E-state index in [2.05, 4.69) is 57.0 Å². The zero-order valence-electron chi connectivity index (χ0n) is 14.0. The zero-order chi connectivity index (χ0) is 17.8. The Hall–Kier alpha value is -2.66. The first-order chi connectivity index (χ1) is 12.0. The largest absolute Gasteiger partial charge is 0.319 e. The van der Waals surface area contributed by atoms with Crippen LogP contribution in [0.4, 0.5) is 0 Å². The van der Waals surface area contributed by atoms with E-state index in [1.165, 1.54) is 0 Å². The Bertz CT molecular complexity index is 907. The average Bonchev–Trinajstić information content (AvgIpc) is 2.94. The highest BCUT2D eigenvalue weighted by molar-refractivity contribution is 9.10. The molecule has 0 atom stereocenters. The van der Waals surface area contributed by atoms with Crippen LogP contribution in [0.25, 0.3) is 5.69 Å². The number of hydrogen-bond acceptors (Lipinski definition) is 2. The van der Waals surface area contributed by atoms with Gasteiger partial charge < -0.3 is 4.57 Å². The van der Waals surface area contributed by atoms with Crippen molar-refractivity contribution < 1.29 is 4.79 Å². The van der Waals surface area contributed by atoms with Gasteiger partial charge in [0.25, 0.3) is 5.91 Å². The van der Waals surface area contributed by atoms with Crippen LogP contribution in [0.2, 0.25) is 0 Å². The van der Waals surface area contributed by atoms with Crippen molar-refractivity contribution in [2.75, 3.05) is 0 Å². The van der Waals surface area contributed by atoms with E-state index < -0.39 is 0 Å². The Morgan fingerprint density at radius 2 is 1.72 bits per heavy atom. The number of amides is 1. The lowest BCUT2D eigenvalue weighted by Gasteiger charge is -2.10. The van der Waals surface area contributed by atoms with Gasteiger partial charge in [0.2, 0.25) is 0 Å². The molecule has 1 aromatic heterocycles. The van der Waals surface area contributed by atoms with Crippen molar-refractivity contribution in [2.45, 2.75) is 13.8 Å². The summed E-state index contributed by atoms with van der Waals surface area (Å²) in [5.74, 6) is -0.237. The van der Waals surface area contributed by atoms with E-state index in [1.807, 2.05) is 36.4 Å². The third-order valence-electron chi connectivity index (χ3n) is 3.89. The number of aryl methyl sites for hydroxylation is 2. The number of nitrogens with one attached hydrogen (secondary N) is 1. The van der Waals surface area contributed by atoms with Crippen LogP contribution >= 0.6 is 15.9 Å². The standard InChI is InChI=1S/C20H18BrN3O/c1-14-6-7-15(2)24(14)19-10-8-17(9-11-19)20(25)23-22-13-16-4-3-5-18(21)12-16/h3-13H,1-2H3,(H,23,25)/b22-13-. The van der Waals surface area contributed by atoms with Crippen LogP contribution in [0.3, 0.4) is 0 Å². The smallest absolute Gasteiger partial charge is 0.271 e. The third kappa shape index (κ3) is 4.06. The summed E-state index contributed by atoms with van der Waals surface area (Å²) >= 11 is 3.40. The van der Waals surface area contributed by atoms with Gasteiger partial charge in [0.05, 0.1) is 6.21 Å². The van der Waals surface area contributed by atoms with E-state index in [0.29, 0.717) is 5.56 Å². The minimum absolute atomic E-state index is 0.237. The molecular weight excluding hydrogens is 378 g/mol. The molecule has 126 valence electrons. The maximum Gasteiger partial charge on any atom is 0.271 e. The summed E-state index contributed by atoms with van der Waals surface area (Å²) in [6.07, 6.45) is 1.61. The fourth-order valence-electron chi connectivity index (χ4n) is 2.65. The molecule has 3 aromatic rings. The summed E-state index contributed by atoms with van der Waals surface area (Å²) in [7, 11) is 0. The predicted octanol–water partition coefficient (Wildman–Crippen LogP) is 4.62. The number of carbonyl (C=O) groups is 1. The van der Waals surface area contributed by atoms with Crippen molar-refractivity contribution in [1.82, 2.24) is 9.99 Å². The van der Waals surface area contributed by atoms with E-state index >= 15 is 0 Å². The molecule has 0 saturated heterocycles. The Kier molecular flexibility index (Phi) is 5.14. The SMILES string of the molecule is Cc1ccc(C)n1-c1ccc(C(=O)N/N=C\c2cccc(Br)c2)cc1. The Morgan fingerprint density at radius 1 is 1.04 bits per heavy atom. The lowest BCUT2D eigenvalue weighted by atomic mass is 10.2. The minimum Gasteiger partial charge on any atom is -0.319 e. The molecule has 3 rings (SSSR count). The van der Waals surface area contributed by atoms with Crippen LogP contribution in [-0.2, 0) is 0 Å². The molecule has 0 bridgehead atoms. The zero-order valence-corrected chi connectivity index (χ0v) is 15.6. The van der Waals surface area contributed by atoms with E-state index in [4.69, 9.17) is 0 Å². The van der Waals surface area contributed by atoms with E-state index in [9.17, 15) is 4.79 Å². The molecule has 0 fully saturated rings. The van der Waals surface area contributed by atoms with Crippen molar-refractivity contribution in [3.63, 3.8) is 0 Å². The second kappa shape index (κ2) is 7.49. The summed E-state index contributed by atoms with van der Waals surface area (Å²) in [6.45, 7) is 4.12. The molecule has 0 spiro atoms. The fraction of sp³-hybridized carbons (Fsp3) is 0.100. The fourth-order valence-corrected chi connectivity index (χ4v) is 3.07. The van der Waals surface area contributed by atoms with E-state index in [-0.39, 0.29) is 5.91 Å². The average molecular weight is 396 g/mol. The molecule has 0 aliphatic rings. The van der Waals surface area contributed by atoms with Gasteiger partial charge in [-0.25, -0.2) is 5.43 Å². The molecule has 0 aliphatic carbocycles. The molecule has 1 N–H and O–H groups in total. The molecule has 0 saturated carbocycles. The summed E-state index contributed by atoms with van der Waals surface area (Å²) in [6, 6.07) is 19.3. The van der Waals surface area contributed by atoms with Crippen LogP contribution < -0.4 is 5.43 Å². The third-order valence-corrected chi connectivity index (χ3v) is 4.38. The Balaban J connectivity index is 1.69. The highest BCUT2D eigenvalue weighted by atomic mass is 79.9. The Morgan fingerprint density at radius 3 is 2.36 bits per heavy atom. The first kappa shape index (κ1) is 17.2. The van der Waals surface area contributed by atoms with Crippen molar-refractivity contribution in [3.05, 3.63) is 87.7 Å². The molecule has 2 aromatic carbocycles. The molecule has 0 unspecified atom stereocenters. The molecule has 4 nitrogen and oxygen atoms in total. The molecular formula is C20H18BrN3O. The van der Waals surface area contributed by atoms with Crippen LogP contribution in [-0.4, -0.2) is 16.7 Å². The van der Waals surface area contributed by atoms with Crippen LogP contribution in [0.1, 0.15) is 27.3 Å². The number of hydrogen-bond donors (Lipinski definition) is 1. The van der Waals surface area contributed by atoms with Gasteiger partial charge in [0, 0.05) is 27.1 Å². The number of rotatable bonds is 4. The van der Waals surface area contributed by atoms with E-state index in [1.54, 1.807) is 18.3 Å². The Labute approximate surface area is 155 Å². The summed E-state index contributed by atoms with van der Waals surface area (Å²) in [5.41, 5.74) is 7.38. The van der Waals surface area contributed by atoms with Crippen molar-refractivity contribution in [2.24, 2.45) is 5.10 Å². The van der Waals surface area contributed by atoms with Crippen LogP contribution in [0.15, 0.2) is 70.2 Å². The highest BCUT2D eigenvalue weighted by Crippen LogP contribution is 2.17. The topological polar surface area (TPSA) is 46.4 Å².